The van der Waals surface area contributed by atoms with E-state index in [-0.39, 0.29) is 11.5 Å². The quantitative estimate of drug-likeness (QED) is 0.831. The van der Waals surface area contributed by atoms with Gasteiger partial charge in [0.05, 0.1) is 5.75 Å². The lowest BCUT2D eigenvalue weighted by molar-refractivity contribution is 0.467. The number of rotatable bonds is 2. The van der Waals surface area contributed by atoms with Crippen LogP contribution in [0.15, 0.2) is 12.1 Å². The third kappa shape index (κ3) is 2.68. The number of phenolic OH excluding ortho intramolecular Hbond substituents is 1. The molecule has 0 saturated heterocycles. The van der Waals surface area contributed by atoms with Gasteiger partial charge >= 0.3 is 0 Å². The van der Waals surface area contributed by atoms with Gasteiger partial charge in [-0.25, -0.2) is 8.42 Å². The number of phenols is 1. The molecule has 0 aliphatic heterocycles. The van der Waals surface area contributed by atoms with Crippen LogP contribution in [0.4, 0.5) is 0 Å². The summed E-state index contributed by atoms with van der Waals surface area (Å²) in [7, 11) is 1.57. The maximum Gasteiger partial charge on any atom is 0.236 e. The largest absolute Gasteiger partial charge is 0.508 e. The first-order valence-electron chi connectivity index (χ1n) is 5.22. The number of fused-ring (bicyclic) bond motifs is 1. The van der Waals surface area contributed by atoms with Crippen molar-refractivity contribution in [3.63, 3.8) is 0 Å². The second-order valence-corrected chi connectivity index (χ2v) is 6.92. The van der Waals surface area contributed by atoms with E-state index >= 15 is 0 Å². The molecule has 0 radical (unpaired) electrons. The van der Waals surface area contributed by atoms with Gasteiger partial charge in [-0.3, -0.25) is 0 Å². The van der Waals surface area contributed by atoms with Gasteiger partial charge in [0.15, 0.2) is 0 Å². The molecule has 0 heterocycles. The zero-order chi connectivity index (χ0) is 11.8. The summed E-state index contributed by atoms with van der Waals surface area (Å²) in [5, 5.41) is 9.71. The summed E-state index contributed by atoms with van der Waals surface area (Å²) in [6.07, 6.45) is 4.15. The van der Waals surface area contributed by atoms with Crippen LogP contribution in [-0.2, 0) is 27.6 Å². The van der Waals surface area contributed by atoms with Gasteiger partial charge in [-0.2, -0.15) is 0 Å². The Labute approximate surface area is 99.5 Å². The van der Waals surface area contributed by atoms with Gasteiger partial charge in [-0.1, -0.05) is 6.07 Å². The van der Waals surface area contributed by atoms with Gasteiger partial charge in [0.1, 0.15) is 5.75 Å². The lowest BCUT2D eigenvalue weighted by Crippen LogP contribution is -2.05. The topological polar surface area (TPSA) is 54.4 Å². The number of halogens is 1. The first kappa shape index (κ1) is 11.7. The van der Waals surface area contributed by atoms with Gasteiger partial charge in [-0.15, -0.1) is 0 Å². The van der Waals surface area contributed by atoms with Crippen LogP contribution in [0.1, 0.15) is 29.5 Å². The summed E-state index contributed by atoms with van der Waals surface area (Å²) in [5.41, 5.74) is 2.66. The van der Waals surface area contributed by atoms with Crippen molar-refractivity contribution in [3.8, 4) is 5.75 Å². The predicted molar refractivity (Wildman–Crippen MR) is 63.2 cm³/mol. The van der Waals surface area contributed by atoms with Crippen LogP contribution in [0.25, 0.3) is 0 Å². The first-order valence-corrected chi connectivity index (χ1v) is 7.69. The summed E-state index contributed by atoms with van der Waals surface area (Å²) in [5.74, 6) is -0.280. The average molecular weight is 261 g/mol. The summed E-state index contributed by atoms with van der Waals surface area (Å²) >= 11 is 0. The van der Waals surface area contributed by atoms with E-state index in [0.717, 1.165) is 36.8 Å². The molecular formula is C11H13ClO3S. The predicted octanol–water partition coefficient (Wildman–Crippen LogP) is 2.34. The maximum absolute atomic E-state index is 11.0. The molecule has 0 saturated carbocycles. The highest BCUT2D eigenvalue weighted by molar-refractivity contribution is 8.13. The molecule has 1 aliphatic carbocycles. The molecule has 0 spiro atoms. The fraction of sp³-hybridized carbons (Fsp3) is 0.455. The number of hydrogen-bond donors (Lipinski definition) is 1. The average Bonchev–Trinajstić information content (AvgIpc) is 2.17. The normalized spacial score (nSPS) is 15.8. The van der Waals surface area contributed by atoms with Crippen molar-refractivity contribution < 1.29 is 13.5 Å². The Bertz CT molecular complexity index is 508. The summed E-state index contributed by atoms with van der Waals surface area (Å²) in [4.78, 5) is 0. The standard InChI is InChI=1S/C11H13ClO3S/c12-16(14,15)7-10-5-8-3-1-2-4-9(8)6-11(10)13/h5-6,13H,1-4,7H2. The Morgan fingerprint density at radius 2 is 1.75 bits per heavy atom. The Morgan fingerprint density at radius 3 is 2.31 bits per heavy atom. The Balaban J connectivity index is 2.40. The van der Waals surface area contributed by atoms with Crippen molar-refractivity contribution in [2.45, 2.75) is 31.4 Å². The molecule has 5 heteroatoms. The highest BCUT2D eigenvalue weighted by Gasteiger charge is 2.16. The molecule has 0 amide bonds. The SMILES string of the molecule is O=S(=O)(Cl)Cc1cc2c(cc1O)CCCC2. The van der Waals surface area contributed by atoms with Crippen LogP contribution in [-0.4, -0.2) is 13.5 Å². The maximum atomic E-state index is 11.0. The second-order valence-electron chi connectivity index (χ2n) is 4.14. The van der Waals surface area contributed by atoms with E-state index in [1.807, 2.05) is 0 Å². The summed E-state index contributed by atoms with van der Waals surface area (Å²) in [6.45, 7) is 0. The van der Waals surface area contributed by atoms with Gasteiger partial charge in [0, 0.05) is 16.2 Å². The molecule has 16 heavy (non-hydrogen) atoms. The third-order valence-electron chi connectivity index (χ3n) is 2.87. The van der Waals surface area contributed by atoms with Gasteiger partial charge in [0.25, 0.3) is 0 Å². The molecule has 88 valence electrons. The lowest BCUT2D eigenvalue weighted by atomic mass is 9.90. The molecule has 0 bridgehead atoms. The highest BCUT2D eigenvalue weighted by Crippen LogP contribution is 2.29. The van der Waals surface area contributed by atoms with Crippen LogP contribution in [0.2, 0.25) is 0 Å². The van der Waals surface area contributed by atoms with E-state index in [2.05, 4.69) is 0 Å². The van der Waals surface area contributed by atoms with E-state index in [0.29, 0.717) is 5.56 Å². The van der Waals surface area contributed by atoms with E-state index in [4.69, 9.17) is 10.7 Å². The zero-order valence-electron chi connectivity index (χ0n) is 8.74. The molecular weight excluding hydrogens is 248 g/mol. The van der Waals surface area contributed by atoms with Crippen molar-refractivity contribution in [3.05, 3.63) is 28.8 Å². The number of benzene rings is 1. The van der Waals surface area contributed by atoms with Crippen LogP contribution in [0.3, 0.4) is 0 Å². The van der Waals surface area contributed by atoms with Crippen LogP contribution in [0.5, 0.6) is 5.75 Å². The fourth-order valence-electron chi connectivity index (χ4n) is 2.13. The zero-order valence-corrected chi connectivity index (χ0v) is 10.3. The molecule has 3 nitrogen and oxygen atoms in total. The minimum Gasteiger partial charge on any atom is -0.508 e. The molecule has 0 unspecified atom stereocenters. The molecule has 0 atom stereocenters. The highest BCUT2D eigenvalue weighted by atomic mass is 35.7. The summed E-state index contributed by atoms with van der Waals surface area (Å²) in [6, 6.07) is 3.44. The molecule has 1 aromatic carbocycles. The van der Waals surface area contributed by atoms with Gasteiger partial charge < -0.3 is 5.11 Å². The Kier molecular flexibility index (Phi) is 3.13. The molecule has 1 N–H and O–H groups in total. The van der Waals surface area contributed by atoms with Crippen LogP contribution < -0.4 is 0 Å². The molecule has 0 aromatic heterocycles. The minimum atomic E-state index is -3.61. The van der Waals surface area contributed by atoms with E-state index in [1.165, 1.54) is 0 Å². The number of hydrogen-bond acceptors (Lipinski definition) is 3. The smallest absolute Gasteiger partial charge is 0.236 e. The Morgan fingerprint density at radius 1 is 1.19 bits per heavy atom. The lowest BCUT2D eigenvalue weighted by Gasteiger charge is -2.17. The molecule has 1 aromatic rings. The van der Waals surface area contributed by atoms with Gasteiger partial charge in [-0.05, 0) is 42.9 Å². The summed E-state index contributed by atoms with van der Waals surface area (Å²) < 4.78 is 22.0. The third-order valence-corrected chi connectivity index (χ3v) is 3.85. The van der Waals surface area contributed by atoms with E-state index in [1.54, 1.807) is 12.1 Å². The second kappa shape index (κ2) is 4.26. The Hall–Kier alpha value is -0.740. The molecule has 0 fully saturated rings. The monoisotopic (exact) mass is 260 g/mol. The fourth-order valence-corrected chi connectivity index (χ4v) is 3.08. The van der Waals surface area contributed by atoms with Crippen molar-refractivity contribution >= 4 is 19.7 Å². The number of aromatic hydroxyl groups is 1. The molecule has 1 aliphatic rings. The minimum absolute atomic E-state index is 0.0323. The van der Waals surface area contributed by atoms with E-state index < -0.39 is 9.05 Å². The van der Waals surface area contributed by atoms with Crippen molar-refractivity contribution in [2.75, 3.05) is 0 Å². The van der Waals surface area contributed by atoms with Crippen molar-refractivity contribution in [1.82, 2.24) is 0 Å². The van der Waals surface area contributed by atoms with Crippen LogP contribution >= 0.6 is 10.7 Å². The van der Waals surface area contributed by atoms with Crippen LogP contribution in [0, 0.1) is 0 Å². The number of aryl methyl sites for hydroxylation is 2. The van der Waals surface area contributed by atoms with Crippen molar-refractivity contribution in [2.24, 2.45) is 0 Å². The molecule has 2 rings (SSSR count). The van der Waals surface area contributed by atoms with Crippen molar-refractivity contribution in [1.29, 1.82) is 0 Å². The van der Waals surface area contributed by atoms with E-state index in [9.17, 15) is 13.5 Å². The first-order chi connectivity index (χ1) is 7.46. The van der Waals surface area contributed by atoms with Gasteiger partial charge in [0.2, 0.25) is 9.05 Å².